The van der Waals surface area contributed by atoms with Crippen molar-refractivity contribution in [2.45, 2.75) is 6.92 Å². The van der Waals surface area contributed by atoms with E-state index in [-0.39, 0.29) is 15.9 Å². The topological polar surface area (TPSA) is 32.3 Å². The Balaban J connectivity index is 2.28. The molecule has 0 unspecified atom stereocenters. The lowest BCUT2D eigenvalue weighted by molar-refractivity contribution is 0.102. The van der Waals surface area contributed by atoms with Crippen LogP contribution in [0, 0.1) is 12.7 Å². The van der Waals surface area contributed by atoms with Crippen LogP contribution in [0.3, 0.4) is 0 Å². The average molecular weight is 351 g/mol. The lowest BCUT2D eigenvalue weighted by Crippen LogP contribution is -2.15. The number of nitrogens with one attached hydrogen (secondary N) is 1. The van der Waals surface area contributed by atoms with Crippen LogP contribution in [0.5, 0.6) is 0 Å². The molecule has 0 aromatic heterocycles. The molecule has 110 valence electrons. The normalized spacial score (nSPS) is 10.3. The molecule has 0 aliphatic carbocycles. The standard InChI is InChI=1S/C16H16BrFN2O/c1-10-7-8-11(9-14(10)20(2)3)19-16(21)12-5-4-6-13(18)15(12)17/h4-9H,1-3H3,(H,19,21). The number of hydrogen-bond acceptors (Lipinski definition) is 2. The van der Waals surface area contributed by atoms with Crippen molar-refractivity contribution in [1.29, 1.82) is 0 Å². The van der Waals surface area contributed by atoms with Crippen molar-refractivity contribution >= 4 is 33.2 Å². The maximum Gasteiger partial charge on any atom is 0.256 e. The van der Waals surface area contributed by atoms with E-state index in [1.807, 2.05) is 44.1 Å². The summed E-state index contributed by atoms with van der Waals surface area (Å²) < 4.78 is 13.6. The Kier molecular flexibility index (Phi) is 4.63. The maximum atomic E-state index is 13.5. The minimum atomic E-state index is -0.458. The molecule has 2 aromatic carbocycles. The zero-order chi connectivity index (χ0) is 15.6. The van der Waals surface area contributed by atoms with Crippen LogP contribution >= 0.6 is 15.9 Å². The monoisotopic (exact) mass is 350 g/mol. The third-order valence-electron chi connectivity index (χ3n) is 3.15. The summed E-state index contributed by atoms with van der Waals surface area (Å²) in [4.78, 5) is 14.2. The molecule has 0 radical (unpaired) electrons. The molecule has 0 aliphatic heterocycles. The van der Waals surface area contributed by atoms with E-state index in [0.29, 0.717) is 5.69 Å². The molecule has 1 N–H and O–H groups in total. The number of amides is 1. The van der Waals surface area contributed by atoms with Crippen molar-refractivity contribution in [2.75, 3.05) is 24.3 Å². The lowest BCUT2D eigenvalue weighted by atomic mass is 10.1. The highest BCUT2D eigenvalue weighted by Gasteiger charge is 2.13. The quantitative estimate of drug-likeness (QED) is 0.898. The van der Waals surface area contributed by atoms with Crippen LogP contribution in [0.25, 0.3) is 0 Å². The number of anilines is 2. The molecule has 2 rings (SSSR count). The van der Waals surface area contributed by atoms with Crippen molar-refractivity contribution in [2.24, 2.45) is 0 Å². The van der Waals surface area contributed by atoms with E-state index in [0.717, 1.165) is 11.3 Å². The van der Waals surface area contributed by atoms with Gasteiger partial charge in [0, 0.05) is 25.5 Å². The molecule has 0 spiro atoms. The molecular formula is C16H16BrFN2O. The molecule has 0 saturated carbocycles. The van der Waals surface area contributed by atoms with E-state index in [2.05, 4.69) is 21.2 Å². The first-order valence-electron chi connectivity index (χ1n) is 6.43. The van der Waals surface area contributed by atoms with E-state index in [9.17, 15) is 9.18 Å². The molecule has 0 heterocycles. The zero-order valence-electron chi connectivity index (χ0n) is 12.1. The Morgan fingerprint density at radius 2 is 1.95 bits per heavy atom. The zero-order valence-corrected chi connectivity index (χ0v) is 13.7. The van der Waals surface area contributed by atoms with Crippen LogP contribution in [0.15, 0.2) is 40.9 Å². The summed E-state index contributed by atoms with van der Waals surface area (Å²) in [5.41, 5.74) is 3.07. The van der Waals surface area contributed by atoms with Gasteiger partial charge in [0.25, 0.3) is 5.91 Å². The highest BCUT2D eigenvalue weighted by atomic mass is 79.9. The predicted molar refractivity (Wildman–Crippen MR) is 87.6 cm³/mol. The van der Waals surface area contributed by atoms with Crippen molar-refractivity contribution in [3.63, 3.8) is 0 Å². The van der Waals surface area contributed by atoms with E-state index < -0.39 is 5.82 Å². The van der Waals surface area contributed by atoms with E-state index in [4.69, 9.17) is 0 Å². The summed E-state index contributed by atoms with van der Waals surface area (Å²) >= 11 is 3.10. The first-order valence-corrected chi connectivity index (χ1v) is 7.23. The molecule has 2 aromatic rings. The Bertz CT molecular complexity index is 686. The van der Waals surface area contributed by atoms with Crippen LogP contribution < -0.4 is 10.2 Å². The number of halogens is 2. The van der Waals surface area contributed by atoms with Gasteiger partial charge in [0.15, 0.2) is 0 Å². The largest absolute Gasteiger partial charge is 0.377 e. The van der Waals surface area contributed by atoms with E-state index in [1.165, 1.54) is 12.1 Å². The van der Waals surface area contributed by atoms with Crippen LogP contribution in [-0.4, -0.2) is 20.0 Å². The Hall–Kier alpha value is -1.88. The van der Waals surface area contributed by atoms with E-state index in [1.54, 1.807) is 6.07 Å². The molecule has 0 bridgehead atoms. The molecule has 0 fully saturated rings. The Morgan fingerprint density at radius 3 is 2.62 bits per heavy atom. The molecule has 21 heavy (non-hydrogen) atoms. The minimum absolute atomic E-state index is 0.169. The Labute approximate surface area is 131 Å². The van der Waals surface area contributed by atoms with Gasteiger partial charge in [0.1, 0.15) is 5.82 Å². The predicted octanol–water partition coefficient (Wildman–Crippen LogP) is 4.21. The van der Waals surface area contributed by atoms with Crippen LogP contribution in [-0.2, 0) is 0 Å². The summed E-state index contributed by atoms with van der Waals surface area (Å²) in [6.45, 7) is 2.00. The van der Waals surface area contributed by atoms with Gasteiger partial charge >= 0.3 is 0 Å². The first kappa shape index (κ1) is 15.5. The van der Waals surface area contributed by atoms with Gasteiger partial charge in [0.2, 0.25) is 0 Å². The summed E-state index contributed by atoms with van der Waals surface area (Å²) in [5, 5.41) is 2.79. The maximum absolute atomic E-state index is 13.5. The smallest absolute Gasteiger partial charge is 0.256 e. The van der Waals surface area contributed by atoms with Gasteiger partial charge in [0.05, 0.1) is 10.0 Å². The fourth-order valence-corrected chi connectivity index (χ4v) is 2.49. The number of carbonyl (C=O) groups excluding carboxylic acids is 1. The number of carbonyl (C=O) groups is 1. The summed E-state index contributed by atoms with van der Waals surface area (Å²) in [6, 6.07) is 10.0. The highest BCUT2D eigenvalue weighted by molar-refractivity contribution is 9.10. The third-order valence-corrected chi connectivity index (χ3v) is 3.95. The average Bonchev–Trinajstić information content (AvgIpc) is 2.43. The van der Waals surface area contributed by atoms with E-state index >= 15 is 0 Å². The van der Waals surface area contributed by atoms with Crippen molar-refractivity contribution in [3.05, 3.63) is 57.8 Å². The van der Waals surface area contributed by atoms with Crippen molar-refractivity contribution in [1.82, 2.24) is 0 Å². The van der Waals surface area contributed by atoms with Crippen LogP contribution in [0.2, 0.25) is 0 Å². The summed E-state index contributed by atoms with van der Waals surface area (Å²) in [5.74, 6) is -0.810. The summed E-state index contributed by atoms with van der Waals surface area (Å²) in [7, 11) is 3.88. The second-order valence-corrected chi connectivity index (χ2v) is 5.74. The lowest BCUT2D eigenvalue weighted by Gasteiger charge is -2.17. The number of benzene rings is 2. The van der Waals surface area contributed by atoms with Gasteiger partial charge in [-0.3, -0.25) is 4.79 Å². The molecule has 0 atom stereocenters. The Morgan fingerprint density at radius 1 is 1.24 bits per heavy atom. The number of rotatable bonds is 3. The molecular weight excluding hydrogens is 335 g/mol. The molecule has 1 amide bonds. The van der Waals surface area contributed by atoms with Crippen molar-refractivity contribution in [3.8, 4) is 0 Å². The molecule has 0 saturated heterocycles. The van der Waals surface area contributed by atoms with Gasteiger partial charge in [-0.15, -0.1) is 0 Å². The number of nitrogens with zero attached hydrogens (tertiary/aromatic N) is 1. The van der Waals surface area contributed by atoms with Gasteiger partial charge in [-0.25, -0.2) is 4.39 Å². The number of aryl methyl sites for hydroxylation is 1. The summed E-state index contributed by atoms with van der Waals surface area (Å²) in [6.07, 6.45) is 0. The fraction of sp³-hybridized carbons (Fsp3) is 0.188. The number of hydrogen-bond donors (Lipinski definition) is 1. The first-order chi connectivity index (χ1) is 9.90. The van der Waals surface area contributed by atoms with Gasteiger partial charge in [-0.2, -0.15) is 0 Å². The SMILES string of the molecule is Cc1ccc(NC(=O)c2cccc(F)c2Br)cc1N(C)C. The van der Waals surface area contributed by atoms with Gasteiger partial charge < -0.3 is 10.2 Å². The molecule has 5 heteroatoms. The highest BCUT2D eigenvalue weighted by Crippen LogP contribution is 2.25. The van der Waals surface area contributed by atoms with Gasteiger partial charge in [-0.05, 0) is 52.7 Å². The fourth-order valence-electron chi connectivity index (χ4n) is 2.05. The molecule has 0 aliphatic rings. The van der Waals surface area contributed by atoms with Gasteiger partial charge in [-0.1, -0.05) is 12.1 Å². The minimum Gasteiger partial charge on any atom is -0.377 e. The second kappa shape index (κ2) is 6.26. The molecule has 3 nitrogen and oxygen atoms in total. The third kappa shape index (κ3) is 3.42. The van der Waals surface area contributed by atoms with Crippen LogP contribution in [0.1, 0.15) is 15.9 Å². The second-order valence-electron chi connectivity index (χ2n) is 4.95. The van der Waals surface area contributed by atoms with Crippen LogP contribution in [0.4, 0.5) is 15.8 Å². The van der Waals surface area contributed by atoms with Crippen molar-refractivity contribution < 1.29 is 9.18 Å².